The van der Waals surface area contributed by atoms with Gasteiger partial charge in [0.15, 0.2) is 5.82 Å². The number of hydrogen-bond acceptors (Lipinski definition) is 7. The molecular weight excluding hydrogens is 590 g/mol. The third kappa shape index (κ3) is 6.46. The zero-order chi connectivity index (χ0) is 31.9. The fourth-order valence-electron chi connectivity index (χ4n) is 5.59. The number of piperazine rings is 1. The fraction of sp³-hybridized carbons (Fsp3) is 0.433. The number of hydrogen-bond donors (Lipinski definition) is 1. The van der Waals surface area contributed by atoms with E-state index in [9.17, 15) is 22.4 Å². The van der Waals surface area contributed by atoms with Crippen LogP contribution in [-0.4, -0.2) is 78.8 Å². The summed E-state index contributed by atoms with van der Waals surface area (Å²) in [5, 5.41) is 2.24. The van der Waals surface area contributed by atoms with E-state index in [-0.39, 0.29) is 35.6 Å². The molecule has 14 heteroatoms. The van der Waals surface area contributed by atoms with Crippen molar-refractivity contribution in [3.05, 3.63) is 65.2 Å². The van der Waals surface area contributed by atoms with Crippen molar-refractivity contribution in [1.82, 2.24) is 14.9 Å². The van der Waals surface area contributed by atoms with Crippen LogP contribution in [-0.2, 0) is 10.9 Å². The summed E-state index contributed by atoms with van der Waals surface area (Å²) >= 11 is 0. The Balaban J connectivity index is 1.56. The molecule has 2 fully saturated rings. The second kappa shape index (κ2) is 12.2. The van der Waals surface area contributed by atoms with Gasteiger partial charge in [0.1, 0.15) is 17.3 Å². The van der Waals surface area contributed by atoms with E-state index in [4.69, 9.17) is 4.74 Å². The summed E-state index contributed by atoms with van der Waals surface area (Å²) in [5.41, 5.74) is -3.59. The van der Waals surface area contributed by atoms with E-state index < -0.39 is 51.9 Å². The van der Waals surface area contributed by atoms with Gasteiger partial charge in [-0.15, -0.1) is 0 Å². The lowest BCUT2D eigenvalue weighted by Gasteiger charge is -2.39. The Hall–Kier alpha value is -3.91. The molecule has 2 aromatic carbocycles. The number of anilines is 3. The highest BCUT2D eigenvalue weighted by Crippen LogP contribution is 2.40. The molecule has 2 aliphatic rings. The summed E-state index contributed by atoms with van der Waals surface area (Å²) in [6, 6.07) is 2.58. The third-order valence-electron chi connectivity index (χ3n) is 7.90. The van der Waals surface area contributed by atoms with Crippen LogP contribution in [0.15, 0.2) is 36.7 Å². The normalized spacial score (nSPS) is 21.5. The van der Waals surface area contributed by atoms with Gasteiger partial charge >= 0.3 is 6.18 Å². The summed E-state index contributed by atoms with van der Waals surface area (Å²) in [5.74, 6) is -4.37. The molecule has 1 unspecified atom stereocenters. The van der Waals surface area contributed by atoms with Crippen LogP contribution in [0.25, 0.3) is 11.1 Å². The van der Waals surface area contributed by atoms with Crippen molar-refractivity contribution in [1.29, 1.82) is 0 Å². The van der Waals surface area contributed by atoms with Crippen LogP contribution in [0.1, 0.15) is 36.7 Å². The average Bonchev–Trinajstić information content (AvgIpc) is 2.95. The molecule has 0 spiro atoms. The van der Waals surface area contributed by atoms with Gasteiger partial charge in [-0.1, -0.05) is 0 Å². The van der Waals surface area contributed by atoms with Gasteiger partial charge in [0.25, 0.3) is 5.91 Å². The molecule has 8 nitrogen and oxygen atoms in total. The zero-order valence-corrected chi connectivity index (χ0v) is 24.6. The highest BCUT2D eigenvalue weighted by molar-refractivity contribution is 6.07. The monoisotopic (exact) mass is 622 g/mol. The molecule has 3 heterocycles. The first-order valence-electron chi connectivity index (χ1n) is 14.1. The molecule has 0 radical (unpaired) electrons. The van der Waals surface area contributed by atoms with E-state index in [0.717, 1.165) is 6.07 Å². The number of nitrogens with one attached hydrogen (secondary N) is 1. The van der Waals surface area contributed by atoms with Gasteiger partial charge in [-0.2, -0.15) is 13.2 Å². The first kappa shape index (κ1) is 31.5. The van der Waals surface area contributed by atoms with Crippen molar-refractivity contribution in [2.45, 2.75) is 45.2 Å². The van der Waals surface area contributed by atoms with Gasteiger partial charge in [0.05, 0.1) is 34.6 Å². The molecule has 5 rings (SSSR count). The maximum Gasteiger partial charge on any atom is 0.417 e. The van der Waals surface area contributed by atoms with Gasteiger partial charge in [-0.25, -0.2) is 23.1 Å². The number of likely N-dealkylation sites (N-methyl/N-ethyl adjacent to an activating group) is 1. The van der Waals surface area contributed by atoms with Gasteiger partial charge in [0, 0.05) is 62.8 Å². The van der Waals surface area contributed by atoms with Gasteiger partial charge in [0.2, 0.25) is 5.95 Å². The second-order valence-corrected chi connectivity index (χ2v) is 11.3. The minimum absolute atomic E-state index is 0.0291. The van der Waals surface area contributed by atoms with Crippen LogP contribution in [0.2, 0.25) is 0 Å². The standard InChI is InChI=1S/C30H32F6N6O2/c1-16-13-41(8-7-40(16)4)24-10-23(32)25(19-11-37-29(38-12-19)42-14-17(2)44-18(3)15-42)26(33)27(24)39-28(43)21-6-5-20(31)9-22(21)30(34,35)36/h5-6,9-12,16-18H,7-8,13-15H2,1-4H3,(H,39,43)/t16?,17-,18-/m1/s1. The zero-order valence-electron chi connectivity index (χ0n) is 24.6. The first-order valence-corrected chi connectivity index (χ1v) is 14.1. The number of aromatic nitrogens is 2. The molecule has 3 aromatic rings. The van der Waals surface area contributed by atoms with Crippen molar-refractivity contribution in [3.63, 3.8) is 0 Å². The Kier molecular flexibility index (Phi) is 8.76. The summed E-state index contributed by atoms with van der Waals surface area (Å²) < 4.78 is 92.6. The number of alkyl halides is 3. The van der Waals surface area contributed by atoms with E-state index in [2.05, 4.69) is 15.3 Å². The van der Waals surface area contributed by atoms with Crippen molar-refractivity contribution >= 4 is 23.2 Å². The summed E-state index contributed by atoms with van der Waals surface area (Å²) in [6.45, 7) is 7.96. The van der Waals surface area contributed by atoms with Crippen LogP contribution in [0.5, 0.6) is 0 Å². The Bertz CT molecular complexity index is 1530. The number of morpholine rings is 1. The lowest BCUT2D eigenvalue weighted by Crippen LogP contribution is -2.50. The average molecular weight is 623 g/mol. The molecule has 1 amide bonds. The number of ether oxygens (including phenoxy) is 1. The van der Waals surface area contributed by atoms with Gasteiger partial charge in [-0.05, 0) is 46.0 Å². The lowest BCUT2D eigenvalue weighted by atomic mass is 10.0. The van der Waals surface area contributed by atoms with Gasteiger partial charge in [-0.3, -0.25) is 4.79 Å². The number of rotatable bonds is 5. The molecule has 44 heavy (non-hydrogen) atoms. The minimum atomic E-state index is -5.06. The number of halogens is 6. The number of nitrogens with zero attached hydrogens (tertiary/aromatic N) is 5. The maximum absolute atomic E-state index is 16.4. The molecule has 2 saturated heterocycles. The van der Waals surface area contributed by atoms with E-state index in [1.54, 1.807) is 4.90 Å². The molecule has 0 saturated carbocycles. The fourth-order valence-corrected chi connectivity index (χ4v) is 5.59. The maximum atomic E-state index is 16.4. The van der Waals surface area contributed by atoms with Crippen LogP contribution in [0, 0.1) is 17.5 Å². The van der Waals surface area contributed by atoms with Crippen molar-refractivity contribution in [2.24, 2.45) is 0 Å². The molecular formula is C30H32F6N6O2. The van der Waals surface area contributed by atoms with E-state index in [1.165, 1.54) is 12.4 Å². The Morgan fingerprint density at radius 3 is 2.23 bits per heavy atom. The predicted molar refractivity (Wildman–Crippen MR) is 153 cm³/mol. The van der Waals surface area contributed by atoms with Crippen LogP contribution in [0.3, 0.4) is 0 Å². The molecule has 0 aliphatic carbocycles. The number of carbonyl (C=O) groups is 1. The molecule has 0 bridgehead atoms. The Morgan fingerprint density at radius 1 is 0.955 bits per heavy atom. The Labute approximate surface area is 250 Å². The largest absolute Gasteiger partial charge is 0.417 e. The third-order valence-corrected chi connectivity index (χ3v) is 7.90. The van der Waals surface area contributed by atoms with E-state index in [0.29, 0.717) is 50.8 Å². The molecule has 1 N–H and O–H groups in total. The first-order chi connectivity index (χ1) is 20.7. The topological polar surface area (TPSA) is 73.8 Å². The van der Waals surface area contributed by atoms with Gasteiger partial charge < -0.3 is 24.8 Å². The van der Waals surface area contributed by atoms with Crippen molar-refractivity contribution < 1.29 is 35.9 Å². The van der Waals surface area contributed by atoms with Crippen molar-refractivity contribution in [3.8, 4) is 11.1 Å². The second-order valence-electron chi connectivity index (χ2n) is 11.3. The summed E-state index contributed by atoms with van der Waals surface area (Å²) in [6.07, 6.45) is -2.72. The van der Waals surface area contributed by atoms with Crippen LogP contribution >= 0.6 is 0 Å². The predicted octanol–water partition coefficient (Wildman–Crippen LogP) is 5.59. The molecule has 2 aliphatic heterocycles. The molecule has 3 atom stereocenters. The highest BCUT2D eigenvalue weighted by Gasteiger charge is 2.37. The summed E-state index contributed by atoms with van der Waals surface area (Å²) in [7, 11) is 1.89. The smallest absolute Gasteiger partial charge is 0.372 e. The Morgan fingerprint density at radius 2 is 1.61 bits per heavy atom. The molecule has 1 aromatic heterocycles. The lowest BCUT2D eigenvalue weighted by molar-refractivity contribution is -0.138. The summed E-state index contributed by atoms with van der Waals surface area (Å²) in [4.78, 5) is 27.4. The van der Waals surface area contributed by atoms with Crippen LogP contribution in [0.4, 0.5) is 43.7 Å². The van der Waals surface area contributed by atoms with Crippen molar-refractivity contribution in [2.75, 3.05) is 54.9 Å². The number of amides is 1. The number of benzene rings is 2. The van der Waals surface area contributed by atoms with E-state index in [1.807, 2.05) is 37.6 Å². The highest BCUT2D eigenvalue weighted by atomic mass is 19.4. The van der Waals surface area contributed by atoms with E-state index >= 15 is 8.78 Å². The quantitative estimate of drug-likeness (QED) is 0.373. The minimum Gasteiger partial charge on any atom is -0.372 e. The number of carbonyl (C=O) groups excluding carboxylic acids is 1. The van der Waals surface area contributed by atoms with Crippen LogP contribution < -0.4 is 15.1 Å². The SMILES string of the molecule is CC1CN(c2cc(F)c(-c3cnc(N4C[C@@H](C)O[C@H](C)C4)nc3)c(F)c2NC(=O)c2ccc(F)cc2C(F)(F)F)CCN1C. The molecule has 236 valence electrons.